The highest BCUT2D eigenvalue weighted by atomic mass is 35.5. The third-order valence-electron chi connectivity index (χ3n) is 3.77. The van der Waals surface area contributed by atoms with E-state index in [9.17, 15) is 0 Å². The first-order valence-corrected chi connectivity index (χ1v) is 6.83. The van der Waals surface area contributed by atoms with Gasteiger partial charge in [0.1, 0.15) is 0 Å². The molecule has 1 fully saturated rings. The molecule has 0 amide bonds. The van der Waals surface area contributed by atoms with E-state index >= 15 is 0 Å². The molecule has 1 aliphatic rings. The van der Waals surface area contributed by atoms with Crippen molar-refractivity contribution in [1.82, 2.24) is 14.8 Å². The van der Waals surface area contributed by atoms with E-state index in [4.69, 9.17) is 16.3 Å². The molecular weight excluding hydrogens is 262 g/mol. The fourth-order valence-electron chi connectivity index (χ4n) is 2.55. The highest BCUT2D eigenvalue weighted by molar-refractivity contribution is 6.28. The van der Waals surface area contributed by atoms with Crippen molar-refractivity contribution < 1.29 is 4.74 Å². The summed E-state index contributed by atoms with van der Waals surface area (Å²) in [5, 5.41) is 8.74. The Balaban J connectivity index is 2.08. The minimum Gasteiger partial charge on any atom is -0.381 e. The number of halogens is 1. The van der Waals surface area contributed by atoms with Crippen molar-refractivity contribution in [1.29, 1.82) is 0 Å². The van der Waals surface area contributed by atoms with E-state index in [1.54, 1.807) is 0 Å². The van der Waals surface area contributed by atoms with Crippen LogP contribution in [0.25, 0.3) is 11.4 Å². The van der Waals surface area contributed by atoms with Crippen LogP contribution >= 0.6 is 11.6 Å². The number of rotatable bonds is 2. The standard InChI is InChI=1S/C14H16ClN3O/c1-14(7-9-19-10-8-14)18-12(16-17-13(18)15)11-5-3-2-4-6-11/h2-6H,7-10H2,1H3. The summed E-state index contributed by atoms with van der Waals surface area (Å²) in [4.78, 5) is 0. The van der Waals surface area contributed by atoms with Crippen molar-refractivity contribution in [3.8, 4) is 11.4 Å². The molecule has 0 unspecified atom stereocenters. The van der Waals surface area contributed by atoms with Crippen LogP contribution in [0.2, 0.25) is 5.28 Å². The quantitative estimate of drug-likeness (QED) is 0.847. The number of benzene rings is 1. The monoisotopic (exact) mass is 277 g/mol. The van der Waals surface area contributed by atoms with Crippen molar-refractivity contribution in [3.63, 3.8) is 0 Å². The van der Waals surface area contributed by atoms with Crippen molar-refractivity contribution >= 4 is 11.6 Å². The van der Waals surface area contributed by atoms with Gasteiger partial charge in [-0.1, -0.05) is 30.3 Å². The predicted octanol–water partition coefficient (Wildman–Crippen LogP) is 3.12. The topological polar surface area (TPSA) is 39.9 Å². The van der Waals surface area contributed by atoms with Crippen molar-refractivity contribution in [2.24, 2.45) is 0 Å². The number of hydrogen-bond acceptors (Lipinski definition) is 3. The average molecular weight is 278 g/mol. The summed E-state index contributed by atoms with van der Waals surface area (Å²) in [6.45, 7) is 3.69. The fourth-order valence-corrected chi connectivity index (χ4v) is 2.87. The van der Waals surface area contributed by atoms with Gasteiger partial charge in [0, 0.05) is 18.8 Å². The van der Waals surface area contributed by atoms with Crippen LogP contribution in [0, 0.1) is 0 Å². The lowest BCUT2D eigenvalue weighted by Crippen LogP contribution is -2.37. The van der Waals surface area contributed by atoms with E-state index in [1.807, 2.05) is 34.9 Å². The first-order chi connectivity index (χ1) is 9.21. The van der Waals surface area contributed by atoms with Gasteiger partial charge in [-0.05, 0) is 31.4 Å². The third-order valence-corrected chi connectivity index (χ3v) is 4.01. The lowest BCUT2D eigenvalue weighted by atomic mass is 9.92. The van der Waals surface area contributed by atoms with E-state index in [0.29, 0.717) is 5.28 Å². The lowest BCUT2D eigenvalue weighted by molar-refractivity contribution is 0.0301. The van der Waals surface area contributed by atoms with Crippen LogP contribution in [0.4, 0.5) is 0 Å². The SMILES string of the molecule is CC1(n2c(Cl)nnc2-c2ccccc2)CCOCC1. The normalized spacial score (nSPS) is 18.4. The van der Waals surface area contributed by atoms with Gasteiger partial charge in [0.2, 0.25) is 5.28 Å². The molecule has 1 saturated heterocycles. The molecular formula is C14H16ClN3O. The molecule has 100 valence electrons. The second-order valence-corrected chi connectivity index (χ2v) is 5.44. The zero-order chi connectivity index (χ0) is 13.3. The minimum absolute atomic E-state index is 0.0794. The summed E-state index contributed by atoms with van der Waals surface area (Å²) in [5.41, 5.74) is 0.957. The predicted molar refractivity (Wildman–Crippen MR) is 74.2 cm³/mol. The molecule has 19 heavy (non-hydrogen) atoms. The Labute approximate surface area is 117 Å². The Morgan fingerprint density at radius 2 is 1.84 bits per heavy atom. The van der Waals surface area contributed by atoms with Crippen LogP contribution in [0.5, 0.6) is 0 Å². The van der Waals surface area contributed by atoms with E-state index in [-0.39, 0.29) is 5.54 Å². The zero-order valence-electron chi connectivity index (χ0n) is 10.8. The second kappa shape index (κ2) is 4.94. The maximum Gasteiger partial charge on any atom is 0.225 e. The highest BCUT2D eigenvalue weighted by Crippen LogP contribution is 2.35. The summed E-state index contributed by atoms with van der Waals surface area (Å²) >= 11 is 6.27. The van der Waals surface area contributed by atoms with Crippen molar-refractivity contribution in [3.05, 3.63) is 35.6 Å². The number of nitrogens with zero attached hydrogens (tertiary/aromatic N) is 3. The Kier molecular flexibility index (Phi) is 3.29. The van der Waals surface area contributed by atoms with E-state index in [1.165, 1.54) is 0 Å². The molecule has 3 rings (SSSR count). The van der Waals surface area contributed by atoms with Crippen molar-refractivity contribution in [2.45, 2.75) is 25.3 Å². The van der Waals surface area contributed by atoms with Crippen molar-refractivity contribution in [2.75, 3.05) is 13.2 Å². The first-order valence-electron chi connectivity index (χ1n) is 6.45. The first kappa shape index (κ1) is 12.6. The molecule has 1 aliphatic heterocycles. The van der Waals surface area contributed by atoms with Gasteiger partial charge >= 0.3 is 0 Å². The minimum atomic E-state index is -0.0794. The Morgan fingerprint density at radius 1 is 1.16 bits per heavy atom. The molecule has 0 bridgehead atoms. The van der Waals surface area contributed by atoms with Gasteiger partial charge < -0.3 is 4.74 Å². The van der Waals surface area contributed by atoms with Gasteiger partial charge in [0.25, 0.3) is 0 Å². The largest absolute Gasteiger partial charge is 0.381 e. The Bertz CT molecular complexity index is 561. The van der Waals surface area contributed by atoms with Gasteiger partial charge in [-0.2, -0.15) is 0 Å². The van der Waals surface area contributed by atoms with Gasteiger partial charge in [-0.3, -0.25) is 4.57 Å². The smallest absolute Gasteiger partial charge is 0.225 e. The highest BCUT2D eigenvalue weighted by Gasteiger charge is 2.33. The molecule has 1 aromatic carbocycles. The van der Waals surface area contributed by atoms with Crippen LogP contribution in [-0.2, 0) is 10.3 Å². The number of ether oxygens (including phenoxy) is 1. The van der Waals surface area contributed by atoms with Crippen LogP contribution in [-0.4, -0.2) is 28.0 Å². The Morgan fingerprint density at radius 3 is 2.53 bits per heavy atom. The molecule has 0 radical (unpaired) electrons. The van der Waals surface area contributed by atoms with Crippen LogP contribution in [0.3, 0.4) is 0 Å². The van der Waals surface area contributed by atoms with Gasteiger partial charge in [0.15, 0.2) is 5.82 Å². The molecule has 4 nitrogen and oxygen atoms in total. The van der Waals surface area contributed by atoms with Crippen LogP contribution in [0.15, 0.2) is 30.3 Å². The molecule has 2 aromatic rings. The van der Waals surface area contributed by atoms with Gasteiger partial charge in [-0.25, -0.2) is 0 Å². The van der Waals surface area contributed by atoms with Crippen LogP contribution in [0.1, 0.15) is 19.8 Å². The number of hydrogen-bond donors (Lipinski definition) is 0. The molecule has 0 N–H and O–H groups in total. The summed E-state index contributed by atoms with van der Waals surface area (Å²) in [7, 11) is 0. The second-order valence-electron chi connectivity index (χ2n) is 5.10. The van der Waals surface area contributed by atoms with Gasteiger partial charge in [0.05, 0.1) is 5.54 Å². The van der Waals surface area contributed by atoms with Gasteiger partial charge in [-0.15, -0.1) is 10.2 Å². The third kappa shape index (κ3) is 2.26. The molecule has 5 heteroatoms. The van der Waals surface area contributed by atoms with E-state index < -0.39 is 0 Å². The van der Waals surface area contributed by atoms with E-state index in [0.717, 1.165) is 37.4 Å². The molecule has 0 spiro atoms. The van der Waals surface area contributed by atoms with Crippen LogP contribution < -0.4 is 0 Å². The molecule has 0 saturated carbocycles. The molecule has 1 aromatic heterocycles. The summed E-state index contributed by atoms with van der Waals surface area (Å²) in [6, 6.07) is 10.0. The fraction of sp³-hybridized carbons (Fsp3) is 0.429. The summed E-state index contributed by atoms with van der Waals surface area (Å²) < 4.78 is 7.50. The van der Waals surface area contributed by atoms with E-state index in [2.05, 4.69) is 17.1 Å². The summed E-state index contributed by atoms with van der Waals surface area (Å²) in [6.07, 6.45) is 1.84. The maximum absolute atomic E-state index is 6.27. The molecule has 0 aliphatic carbocycles. The maximum atomic E-state index is 6.27. The zero-order valence-corrected chi connectivity index (χ0v) is 11.6. The molecule has 0 atom stereocenters. The Hall–Kier alpha value is -1.39. The number of aromatic nitrogens is 3. The lowest BCUT2D eigenvalue weighted by Gasteiger charge is -2.36. The summed E-state index contributed by atoms with van der Waals surface area (Å²) in [5.74, 6) is 0.829. The average Bonchev–Trinajstić information content (AvgIpc) is 2.83. The molecule has 2 heterocycles.